The summed E-state index contributed by atoms with van der Waals surface area (Å²) in [6, 6.07) is 7.02. The number of esters is 1. The lowest BCUT2D eigenvalue weighted by Gasteiger charge is -2.16. The Morgan fingerprint density at radius 2 is 2.04 bits per heavy atom. The monoisotopic (exact) mass is 385 g/mol. The number of imidazole rings is 1. The van der Waals surface area contributed by atoms with E-state index in [1.54, 1.807) is 25.1 Å². The van der Waals surface area contributed by atoms with Crippen LogP contribution in [0.1, 0.15) is 22.1 Å². The van der Waals surface area contributed by atoms with Crippen LogP contribution >= 0.6 is 0 Å². The van der Waals surface area contributed by atoms with E-state index in [-0.39, 0.29) is 12.4 Å². The number of anilines is 1. The van der Waals surface area contributed by atoms with Gasteiger partial charge in [-0.1, -0.05) is 18.2 Å². The Balaban J connectivity index is 1.49. The fourth-order valence-corrected chi connectivity index (χ4v) is 3.19. The Labute approximate surface area is 159 Å². The molecule has 10 heteroatoms. The van der Waals surface area contributed by atoms with Gasteiger partial charge in [0.15, 0.2) is 17.7 Å². The summed E-state index contributed by atoms with van der Waals surface area (Å²) in [5.41, 5.74) is 7.70. The number of rotatable bonds is 4. The molecule has 146 valence electrons. The molecular weight excluding hydrogens is 366 g/mol. The molecule has 3 aromatic rings. The summed E-state index contributed by atoms with van der Waals surface area (Å²) >= 11 is 0. The normalized spacial score (nSPS) is 24.5. The van der Waals surface area contributed by atoms with Crippen molar-refractivity contribution in [1.82, 2.24) is 19.5 Å². The molecule has 0 bridgehead atoms. The Kier molecular flexibility index (Phi) is 4.67. The average molecular weight is 385 g/mol. The van der Waals surface area contributed by atoms with E-state index < -0.39 is 30.5 Å². The minimum absolute atomic E-state index is 0.195. The number of aromatic nitrogens is 4. The smallest absolute Gasteiger partial charge is 0.338 e. The number of hydrogen-bond acceptors (Lipinski definition) is 9. The molecule has 4 N–H and O–H groups in total. The van der Waals surface area contributed by atoms with E-state index in [1.807, 2.05) is 6.07 Å². The minimum Gasteiger partial charge on any atom is -0.459 e. The number of aliphatic hydroxyl groups is 2. The summed E-state index contributed by atoms with van der Waals surface area (Å²) in [4.78, 5) is 24.4. The molecule has 2 aromatic heterocycles. The summed E-state index contributed by atoms with van der Waals surface area (Å²) < 4.78 is 12.5. The highest BCUT2D eigenvalue weighted by atomic mass is 16.6. The molecule has 1 aliphatic rings. The van der Waals surface area contributed by atoms with Crippen molar-refractivity contribution in [3.8, 4) is 0 Å². The van der Waals surface area contributed by atoms with Gasteiger partial charge in [-0.15, -0.1) is 0 Å². The lowest BCUT2D eigenvalue weighted by molar-refractivity contribution is -0.0565. The number of benzene rings is 1. The van der Waals surface area contributed by atoms with Gasteiger partial charge in [-0.3, -0.25) is 4.57 Å². The predicted octanol–water partition coefficient (Wildman–Crippen LogP) is 0.193. The molecule has 10 nitrogen and oxygen atoms in total. The van der Waals surface area contributed by atoms with E-state index in [4.69, 9.17) is 15.2 Å². The zero-order valence-corrected chi connectivity index (χ0v) is 15.0. The summed E-state index contributed by atoms with van der Waals surface area (Å²) in [5.74, 6) is -0.332. The lowest BCUT2D eigenvalue weighted by Crippen LogP contribution is -2.34. The number of nitrogens with two attached hydrogens (primary N) is 1. The van der Waals surface area contributed by atoms with Gasteiger partial charge in [-0.2, -0.15) is 0 Å². The first-order valence-corrected chi connectivity index (χ1v) is 8.64. The third kappa shape index (κ3) is 3.07. The fourth-order valence-electron chi connectivity index (χ4n) is 3.19. The molecule has 1 saturated heterocycles. The molecule has 0 spiro atoms. The van der Waals surface area contributed by atoms with Crippen LogP contribution in [0.5, 0.6) is 0 Å². The summed E-state index contributed by atoms with van der Waals surface area (Å²) in [5, 5.41) is 20.8. The van der Waals surface area contributed by atoms with Gasteiger partial charge in [-0.25, -0.2) is 19.7 Å². The first-order valence-electron chi connectivity index (χ1n) is 8.64. The van der Waals surface area contributed by atoms with Gasteiger partial charge < -0.3 is 25.4 Å². The molecular formula is C18H19N5O5. The van der Waals surface area contributed by atoms with Gasteiger partial charge in [0, 0.05) is 0 Å². The van der Waals surface area contributed by atoms with Crippen LogP contribution < -0.4 is 5.73 Å². The quantitative estimate of drug-likeness (QED) is 0.536. The van der Waals surface area contributed by atoms with Gasteiger partial charge in [0.1, 0.15) is 36.8 Å². The van der Waals surface area contributed by atoms with Crippen molar-refractivity contribution in [2.24, 2.45) is 0 Å². The standard InChI is InChI=1S/C18H19N5O5/c1-9-4-2-3-5-10(9)18(26)27-6-11-13(24)14(25)17(28-11)23-8-22-12-15(19)20-7-21-16(12)23/h2-5,7-8,11,13-14,17,24-25H,6H2,1H3,(H2,19,20,21)/t11-,13-,14-,17-/m1/s1. The summed E-state index contributed by atoms with van der Waals surface area (Å²) in [6.07, 6.45) is -1.73. The van der Waals surface area contributed by atoms with Crippen LogP contribution in [0, 0.1) is 6.92 Å². The van der Waals surface area contributed by atoms with E-state index in [1.165, 1.54) is 17.2 Å². The molecule has 0 amide bonds. The molecule has 1 aromatic carbocycles. The maximum atomic E-state index is 12.3. The van der Waals surface area contributed by atoms with Crippen LogP contribution in [-0.4, -0.2) is 60.6 Å². The van der Waals surface area contributed by atoms with E-state index in [2.05, 4.69) is 15.0 Å². The van der Waals surface area contributed by atoms with Crippen molar-refractivity contribution < 1.29 is 24.5 Å². The predicted molar refractivity (Wildman–Crippen MR) is 97.1 cm³/mol. The van der Waals surface area contributed by atoms with Crippen molar-refractivity contribution in [3.63, 3.8) is 0 Å². The van der Waals surface area contributed by atoms with Crippen molar-refractivity contribution in [1.29, 1.82) is 0 Å². The highest BCUT2D eigenvalue weighted by Crippen LogP contribution is 2.32. The molecule has 0 aliphatic carbocycles. The number of carbonyl (C=O) groups is 1. The molecule has 1 fully saturated rings. The maximum absolute atomic E-state index is 12.3. The molecule has 28 heavy (non-hydrogen) atoms. The summed E-state index contributed by atoms with van der Waals surface area (Å²) in [7, 11) is 0. The molecule has 0 unspecified atom stereocenters. The Morgan fingerprint density at radius 1 is 1.25 bits per heavy atom. The lowest BCUT2D eigenvalue weighted by atomic mass is 10.1. The Morgan fingerprint density at radius 3 is 2.82 bits per heavy atom. The van der Waals surface area contributed by atoms with Crippen molar-refractivity contribution >= 4 is 23.0 Å². The topological polar surface area (TPSA) is 146 Å². The van der Waals surface area contributed by atoms with Crippen LogP contribution in [-0.2, 0) is 9.47 Å². The van der Waals surface area contributed by atoms with E-state index >= 15 is 0 Å². The van der Waals surface area contributed by atoms with E-state index in [0.717, 1.165) is 5.56 Å². The van der Waals surface area contributed by atoms with Crippen LogP contribution in [0.4, 0.5) is 5.82 Å². The SMILES string of the molecule is Cc1ccccc1C(=O)OC[C@H]1O[C@@H](n2cnc3c(N)ncnc32)[C@H](O)[C@@H]1O. The molecule has 4 rings (SSSR count). The Hall–Kier alpha value is -3.08. The number of fused-ring (bicyclic) bond motifs is 1. The number of ether oxygens (including phenoxy) is 2. The molecule has 0 radical (unpaired) electrons. The van der Waals surface area contributed by atoms with Crippen LogP contribution in [0.2, 0.25) is 0 Å². The number of aliphatic hydroxyl groups excluding tert-OH is 2. The summed E-state index contributed by atoms with van der Waals surface area (Å²) in [6.45, 7) is 1.58. The van der Waals surface area contributed by atoms with Crippen molar-refractivity contribution in [2.75, 3.05) is 12.3 Å². The second kappa shape index (κ2) is 7.15. The third-order valence-electron chi connectivity index (χ3n) is 4.74. The van der Waals surface area contributed by atoms with Gasteiger partial charge in [0.2, 0.25) is 0 Å². The fraction of sp³-hybridized carbons (Fsp3) is 0.333. The number of nitrogen functional groups attached to an aromatic ring is 1. The second-order valence-corrected chi connectivity index (χ2v) is 6.54. The largest absolute Gasteiger partial charge is 0.459 e. The highest BCUT2D eigenvalue weighted by molar-refractivity contribution is 5.91. The first-order chi connectivity index (χ1) is 13.5. The van der Waals surface area contributed by atoms with Crippen LogP contribution in [0.3, 0.4) is 0 Å². The van der Waals surface area contributed by atoms with Gasteiger partial charge in [0.05, 0.1) is 11.9 Å². The van der Waals surface area contributed by atoms with Gasteiger partial charge in [-0.05, 0) is 18.6 Å². The van der Waals surface area contributed by atoms with Crippen molar-refractivity contribution in [3.05, 3.63) is 48.0 Å². The number of carbonyl (C=O) groups excluding carboxylic acids is 1. The van der Waals surface area contributed by atoms with Gasteiger partial charge >= 0.3 is 5.97 Å². The molecule has 0 saturated carbocycles. The Bertz CT molecular complexity index is 1020. The van der Waals surface area contributed by atoms with Crippen molar-refractivity contribution in [2.45, 2.75) is 31.5 Å². The molecule has 4 atom stereocenters. The zero-order valence-electron chi connectivity index (χ0n) is 15.0. The van der Waals surface area contributed by atoms with E-state index in [0.29, 0.717) is 16.7 Å². The first kappa shape index (κ1) is 18.3. The highest BCUT2D eigenvalue weighted by Gasteiger charge is 2.45. The van der Waals surface area contributed by atoms with Crippen LogP contribution in [0.15, 0.2) is 36.9 Å². The van der Waals surface area contributed by atoms with Gasteiger partial charge in [0.25, 0.3) is 0 Å². The van der Waals surface area contributed by atoms with E-state index in [9.17, 15) is 15.0 Å². The zero-order chi connectivity index (χ0) is 19.8. The molecule has 1 aliphatic heterocycles. The number of aryl methyl sites for hydroxylation is 1. The maximum Gasteiger partial charge on any atom is 0.338 e. The second-order valence-electron chi connectivity index (χ2n) is 6.54. The molecule has 3 heterocycles. The number of nitrogens with zero attached hydrogens (tertiary/aromatic N) is 4. The minimum atomic E-state index is -1.27. The average Bonchev–Trinajstić information content (AvgIpc) is 3.23. The number of hydrogen-bond donors (Lipinski definition) is 3. The van der Waals surface area contributed by atoms with Crippen LogP contribution in [0.25, 0.3) is 11.2 Å². The third-order valence-corrected chi connectivity index (χ3v) is 4.74.